The second-order valence-electron chi connectivity index (χ2n) is 5.82. The molecule has 1 amide bonds. The van der Waals surface area contributed by atoms with Crippen LogP contribution in [0.15, 0.2) is 65.1 Å². The molecular weight excluding hydrogens is 334 g/mol. The first kappa shape index (κ1) is 17.1. The second kappa shape index (κ2) is 7.41. The lowest BCUT2D eigenvalue weighted by atomic mass is 10.1. The molecule has 2 aromatic carbocycles. The molecule has 0 atom stereocenters. The van der Waals surface area contributed by atoms with Gasteiger partial charge in [-0.15, -0.1) is 0 Å². The number of hydrogen-bond acceptors (Lipinski definition) is 2. The first-order valence-electron chi connectivity index (χ1n) is 7.94. The number of nitrogens with one attached hydrogen (secondary N) is 1. The van der Waals surface area contributed by atoms with Crippen molar-refractivity contribution in [2.24, 2.45) is 0 Å². The molecule has 1 N–H and O–H groups in total. The van der Waals surface area contributed by atoms with E-state index in [9.17, 15) is 4.79 Å². The van der Waals surface area contributed by atoms with Gasteiger partial charge in [0.15, 0.2) is 0 Å². The van der Waals surface area contributed by atoms with Gasteiger partial charge in [0, 0.05) is 17.3 Å². The van der Waals surface area contributed by atoms with Crippen LogP contribution in [-0.2, 0) is 4.79 Å². The summed E-state index contributed by atoms with van der Waals surface area (Å²) in [5.74, 6) is 1.05. The fraction of sp³-hybridized carbons (Fsp3) is 0.0952. The normalized spacial score (nSPS) is 11.0. The Hall–Kier alpha value is -2.78. The van der Waals surface area contributed by atoms with Crippen molar-refractivity contribution in [2.75, 3.05) is 5.32 Å². The predicted molar refractivity (Wildman–Crippen MR) is 103 cm³/mol. The fourth-order valence-electron chi connectivity index (χ4n) is 2.53. The molecule has 25 heavy (non-hydrogen) atoms. The number of rotatable bonds is 4. The molecule has 4 heteroatoms. The van der Waals surface area contributed by atoms with E-state index < -0.39 is 0 Å². The molecule has 0 radical (unpaired) electrons. The molecule has 3 rings (SSSR count). The van der Waals surface area contributed by atoms with Crippen LogP contribution in [0.5, 0.6) is 0 Å². The maximum Gasteiger partial charge on any atom is 0.248 e. The number of hydrogen-bond donors (Lipinski definition) is 1. The van der Waals surface area contributed by atoms with Crippen LogP contribution in [0.1, 0.15) is 16.9 Å². The van der Waals surface area contributed by atoms with Gasteiger partial charge in [-0.25, -0.2) is 0 Å². The summed E-state index contributed by atoms with van der Waals surface area (Å²) in [4.78, 5) is 12.1. The summed E-state index contributed by atoms with van der Waals surface area (Å²) in [6.07, 6.45) is 3.09. The molecule has 3 nitrogen and oxygen atoms in total. The van der Waals surface area contributed by atoms with E-state index in [1.807, 2.05) is 62.4 Å². The van der Waals surface area contributed by atoms with Crippen molar-refractivity contribution in [2.45, 2.75) is 13.8 Å². The fourth-order valence-corrected chi connectivity index (χ4v) is 2.76. The zero-order chi connectivity index (χ0) is 17.8. The van der Waals surface area contributed by atoms with Gasteiger partial charge in [0.05, 0.1) is 5.02 Å². The summed E-state index contributed by atoms with van der Waals surface area (Å²) < 4.78 is 5.74. The minimum atomic E-state index is -0.206. The molecule has 126 valence electrons. The summed E-state index contributed by atoms with van der Waals surface area (Å²) >= 11 is 6.17. The van der Waals surface area contributed by atoms with Crippen LogP contribution >= 0.6 is 11.6 Å². The first-order chi connectivity index (χ1) is 12.0. The number of amides is 1. The van der Waals surface area contributed by atoms with Crippen LogP contribution < -0.4 is 5.32 Å². The summed E-state index contributed by atoms with van der Waals surface area (Å²) in [5.41, 5.74) is 3.81. The van der Waals surface area contributed by atoms with E-state index in [2.05, 4.69) is 5.32 Å². The van der Waals surface area contributed by atoms with E-state index in [4.69, 9.17) is 16.0 Å². The van der Waals surface area contributed by atoms with Gasteiger partial charge in [0.1, 0.15) is 11.5 Å². The number of aryl methyl sites for hydroxylation is 2. The topological polar surface area (TPSA) is 42.2 Å². The molecule has 0 saturated heterocycles. The van der Waals surface area contributed by atoms with Gasteiger partial charge in [-0.05, 0) is 55.8 Å². The average Bonchev–Trinajstić information content (AvgIpc) is 3.05. The number of carbonyl (C=O) groups is 1. The number of furan rings is 1. The van der Waals surface area contributed by atoms with E-state index in [0.29, 0.717) is 16.5 Å². The van der Waals surface area contributed by atoms with E-state index in [1.54, 1.807) is 12.1 Å². The van der Waals surface area contributed by atoms with E-state index >= 15 is 0 Å². The summed E-state index contributed by atoms with van der Waals surface area (Å²) in [6, 6.07) is 17.0. The van der Waals surface area contributed by atoms with Crippen molar-refractivity contribution in [1.29, 1.82) is 0 Å². The molecule has 0 aliphatic carbocycles. The van der Waals surface area contributed by atoms with Gasteiger partial charge in [0.2, 0.25) is 5.91 Å². The molecule has 0 spiro atoms. The lowest BCUT2D eigenvalue weighted by molar-refractivity contribution is -0.111. The number of halogens is 1. The maximum absolute atomic E-state index is 12.1. The molecule has 0 saturated carbocycles. The molecule has 1 aromatic heterocycles. The zero-order valence-electron chi connectivity index (χ0n) is 14.0. The van der Waals surface area contributed by atoms with Crippen molar-refractivity contribution < 1.29 is 9.21 Å². The molecule has 0 bridgehead atoms. The molecule has 0 fully saturated rings. The predicted octanol–water partition coefficient (Wildman–Crippen LogP) is 5.87. The summed E-state index contributed by atoms with van der Waals surface area (Å²) in [5, 5.41) is 3.49. The van der Waals surface area contributed by atoms with Gasteiger partial charge in [-0.1, -0.05) is 41.4 Å². The summed E-state index contributed by atoms with van der Waals surface area (Å²) in [7, 11) is 0. The molecule has 3 aromatic rings. The Morgan fingerprint density at radius 1 is 1.08 bits per heavy atom. The third kappa shape index (κ3) is 4.20. The third-order valence-corrected chi connectivity index (χ3v) is 4.13. The van der Waals surface area contributed by atoms with Crippen molar-refractivity contribution in [1.82, 2.24) is 0 Å². The molecule has 1 heterocycles. The van der Waals surface area contributed by atoms with Crippen molar-refractivity contribution in [3.8, 4) is 11.3 Å². The molecule has 0 unspecified atom stereocenters. The van der Waals surface area contributed by atoms with Crippen LogP contribution in [0.25, 0.3) is 17.4 Å². The lowest BCUT2D eigenvalue weighted by Gasteiger charge is -2.06. The highest BCUT2D eigenvalue weighted by atomic mass is 35.5. The van der Waals surface area contributed by atoms with Crippen LogP contribution in [-0.4, -0.2) is 5.91 Å². The molecule has 0 aliphatic heterocycles. The number of anilines is 1. The number of benzene rings is 2. The largest absolute Gasteiger partial charge is 0.457 e. The first-order valence-corrected chi connectivity index (χ1v) is 8.32. The van der Waals surface area contributed by atoms with Crippen LogP contribution in [0, 0.1) is 13.8 Å². The Labute approximate surface area is 151 Å². The Balaban J connectivity index is 1.70. The standard InChI is InChI=1S/C21H18ClNO2/c1-14-7-10-19(15(2)13-14)23-21(24)12-9-16-8-11-20(25-16)17-5-3-4-6-18(17)22/h3-13H,1-2H3,(H,23,24)/b12-9+. The SMILES string of the molecule is Cc1ccc(NC(=O)/C=C/c2ccc(-c3ccccc3Cl)o2)c(C)c1. The minimum absolute atomic E-state index is 0.206. The molecular formula is C21H18ClNO2. The Morgan fingerprint density at radius 2 is 1.88 bits per heavy atom. The highest BCUT2D eigenvalue weighted by Crippen LogP contribution is 2.29. The zero-order valence-corrected chi connectivity index (χ0v) is 14.8. The summed E-state index contributed by atoms with van der Waals surface area (Å²) in [6.45, 7) is 3.99. The number of carbonyl (C=O) groups excluding carboxylic acids is 1. The molecule has 0 aliphatic rings. The Bertz CT molecular complexity index is 941. The van der Waals surface area contributed by atoms with E-state index in [1.165, 1.54) is 6.08 Å². The van der Waals surface area contributed by atoms with Gasteiger partial charge in [-0.3, -0.25) is 4.79 Å². The van der Waals surface area contributed by atoms with Crippen molar-refractivity contribution in [3.63, 3.8) is 0 Å². The van der Waals surface area contributed by atoms with Crippen LogP contribution in [0.3, 0.4) is 0 Å². The quantitative estimate of drug-likeness (QED) is 0.597. The monoisotopic (exact) mass is 351 g/mol. The van der Waals surface area contributed by atoms with E-state index in [-0.39, 0.29) is 5.91 Å². The van der Waals surface area contributed by atoms with Gasteiger partial charge in [0.25, 0.3) is 0 Å². The van der Waals surface area contributed by atoms with Crippen molar-refractivity contribution in [3.05, 3.63) is 82.6 Å². The maximum atomic E-state index is 12.1. The lowest BCUT2D eigenvalue weighted by Crippen LogP contribution is -2.08. The highest BCUT2D eigenvalue weighted by molar-refractivity contribution is 6.33. The Kier molecular flexibility index (Phi) is 5.05. The third-order valence-electron chi connectivity index (χ3n) is 3.80. The van der Waals surface area contributed by atoms with Gasteiger partial charge < -0.3 is 9.73 Å². The highest BCUT2D eigenvalue weighted by Gasteiger charge is 2.07. The van der Waals surface area contributed by atoms with Crippen LogP contribution in [0.2, 0.25) is 5.02 Å². The minimum Gasteiger partial charge on any atom is -0.457 e. The van der Waals surface area contributed by atoms with Gasteiger partial charge in [-0.2, -0.15) is 0 Å². The van der Waals surface area contributed by atoms with Crippen LogP contribution in [0.4, 0.5) is 5.69 Å². The Morgan fingerprint density at radius 3 is 2.64 bits per heavy atom. The van der Waals surface area contributed by atoms with Gasteiger partial charge >= 0.3 is 0 Å². The van der Waals surface area contributed by atoms with E-state index in [0.717, 1.165) is 22.4 Å². The van der Waals surface area contributed by atoms with Crippen molar-refractivity contribution >= 4 is 29.3 Å². The average molecular weight is 352 g/mol. The smallest absolute Gasteiger partial charge is 0.248 e. The second-order valence-corrected chi connectivity index (χ2v) is 6.23.